The Bertz CT molecular complexity index is 1030. The second kappa shape index (κ2) is 7.43. The van der Waals surface area contributed by atoms with E-state index in [1.165, 1.54) is 15.6 Å². The lowest BCUT2D eigenvalue weighted by molar-refractivity contribution is 0.0731. The van der Waals surface area contributed by atoms with Crippen molar-refractivity contribution in [3.8, 4) is 0 Å². The molecule has 1 amide bonds. The topological polar surface area (TPSA) is 91.5 Å². The first-order valence-corrected chi connectivity index (χ1v) is 10.8. The molecule has 2 N–H and O–H groups in total. The van der Waals surface area contributed by atoms with Gasteiger partial charge in [-0.15, -0.1) is 11.3 Å². The lowest BCUT2D eigenvalue weighted by atomic mass is 10.2. The van der Waals surface area contributed by atoms with Crippen LogP contribution in [0.1, 0.15) is 15.4 Å². The van der Waals surface area contributed by atoms with E-state index in [2.05, 4.69) is 10.3 Å². The highest BCUT2D eigenvalue weighted by atomic mass is 32.2. The van der Waals surface area contributed by atoms with Crippen molar-refractivity contribution in [1.82, 2.24) is 14.6 Å². The highest BCUT2D eigenvalue weighted by Gasteiger charge is 2.27. The van der Waals surface area contributed by atoms with Crippen molar-refractivity contribution in [2.75, 3.05) is 26.3 Å². The van der Waals surface area contributed by atoms with Gasteiger partial charge in [-0.1, -0.05) is 18.2 Å². The maximum atomic E-state index is 12.6. The normalized spacial score (nSPS) is 15.9. The predicted molar refractivity (Wildman–Crippen MR) is 103 cm³/mol. The highest BCUT2D eigenvalue weighted by molar-refractivity contribution is 7.91. The number of nitrogens with zero attached hydrogens (tertiary/aromatic N) is 1. The van der Waals surface area contributed by atoms with Crippen LogP contribution in [-0.4, -0.2) is 49.9 Å². The van der Waals surface area contributed by atoms with Crippen LogP contribution in [0.2, 0.25) is 0 Å². The van der Waals surface area contributed by atoms with E-state index in [0.717, 1.165) is 15.8 Å². The summed E-state index contributed by atoms with van der Waals surface area (Å²) in [6.07, 6.45) is 0. The smallest absolute Gasteiger partial charge is 0.268 e. The quantitative estimate of drug-likeness (QED) is 0.681. The van der Waals surface area contributed by atoms with Gasteiger partial charge in [-0.2, -0.15) is 4.31 Å². The third kappa shape index (κ3) is 3.77. The second-order valence-electron chi connectivity index (χ2n) is 6.19. The van der Waals surface area contributed by atoms with E-state index in [0.29, 0.717) is 36.2 Å². The molecule has 27 heavy (non-hydrogen) atoms. The zero-order valence-corrected chi connectivity index (χ0v) is 16.1. The molecular weight excluding hydrogens is 386 g/mol. The zero-order valence-electron chi connectivity index (χ0n) is 14.5. The number of benzene rings is 1. The number of aromatic nitrogens is 1. The van der Waals surface area contributed by atoms with Gasteiger partial charge in [0.25, 0.3) is 15.9 Å². The molecule has 0 spiro atoms. The average Bonchev–Trinajstić information content (AvgIpc) is 3.34. The minimum atomic E-state index is -3.50. The van der Waals surface area contributed by atoms with Crippen LogP contribution in [0.5, 0.6) is 0 Å². The molecule has 3 heterocycles. The van der Waals surface area contributed by atoms with Gasteiger partial charge in [-0.05, 0) is 24.3 Å². The molecule has 0 aliphatic carbocycles. The molecule has 142 valence electrons. The first kappa shape index (κ1) is 18.2. The van der Waals surface area contributed by atoms with Crippen LogP contribution < -0.4 is 5.32 Å². The fraction of sp³-hybridized carbons (Fsp3) is 0.278. The van der Waals surface area contributed by atoms with Gasteiger partial charge in [0.2, 0.25) is 0 Å². The molecule has 1 saturated heterocycles. The number of H-pyrrole nitrogens is 1. The van der Waals surface area contributed by atoms with Gasteiger partial charge in [0.15, 0.2) is 0 Å². The van der Waals surface area contributed by atoms with E-state index in [1.54, 1.807) is 18.2 Å². The van der Waals surface area contributed by atoms with Gasteiger partial charge < -0.3 is 15.0 Å². The number of carbonyl (C=O) groups is 1. The van der Waals surface area contributed by atoms with Crippen molar-refractivity contribution in [3.63, 3.8) is 0 Å². The number of amides is 1. The summed E-state index contributed by atoms with van der Waals surface area (Å²) in [5, 5.41) is 3.80. The molecule has 0 bridgehead atoms. The number of carbonyl (C=O) groups excluding carboxylic acids is 1. The van der Waals surface area contributed by atoms with Gasteiger partial charge in [0.1, 0.15) is 9.90 Å². The SMILES string of the molecule is O=C(NCc1ccc(S(=O)(=O)N2CCOCC2)s1)c1cc2ccccc2[nH]1. The molecule has 9 heteroatoms. The van der Waals surface area contributed by atoms with Crippen LogP contribution in [0.15, 0.2) is 46.7 Å². The molecule has 4 rings (SSSR count). The molecule has 1 aliphatic heterocycles. The number of nitrogens with one attached hydrogen (secondary N) is 2. The average molecular weight is 406 g/mol. The third-order valence-corrected chi connectivity index (χ3v) is 7.85. The number of thiophene rings is 1. The number of morpholine rings is 1. The molecule has 1 aromatic carbocycles. The summed E-state index contributed by atoms with van der Waals surface area (Å²) in [6, 6.07) is 12.8. The minimum absolute atomic E-state index is 0.225. The van der Waals surface area contributed by atoms with Crippen molar-refractivity contribution in [2.24, 2.45) is 0 Å². The lowest BCUT2D eigenvalue weighted by Gasteiger charge is -2.25. The summed E-state index contributed by atoms with van der Waals surface area (Å²) < 4.78 is 32.2. The number of hydrogen-bond acceptors (Lipinski definition) is 5. The van der Waals surface area contributed by atoms with Crippen molar-refractivity contribution in [2.45, 2.75) is 10.8 Å². The molecule has 1 aliphatic rings. The van der Waals surface area contributed by atoms with E-state index < -0.39 is 10.0 Å². The number of ether oxygens (including phenoxy) is 1. The molecule has 3 aromatic rings. The van der Waals surface area contributed by atoms with Gasteiger partial charge in [-0.25, -0.2) is 8.42 Å². The number of para-hydroxylation sites is 1. The Morgan fingerprint density at radius 2 is 1.96 bits per heavy atom. The molecule has 0 unspecified atom stereocenters. The van der Waals surface area contributed by atoms with Crippen molar-refractivity contribution < 1.29 is 17.9 Å². The fourth-order valence-corrected chi connectivity index (χ4v) is 5.82. The van der Waals surface area contributed by atoms with Crippen LogP contribution in [0.4, 0.5) is 0 Å². The van der Waals surface area contributed by atoms with Gasteiger partial charge in [0, 0.05) is 28.9 Å². The van der Waals surface area contributed by atoms with Gasteiger partial charge >= 0.3 is 0 Å². The van der Waals surface area contributed by atoms with Crippen molar-refractivity contribution in [3.05, 3.63) is 53.0 Å². The summed E-state index contributed by atoms with van der Waals surface area (Å²) in [5.41, 5.74) is 1.38. The van der Waals surface area contributed by atoms with Crippen LogP contribution >= 0.6 is 11.3 Å². The number of rotatable bonds is 5. The predicted octanol–water partition coefficient (Wildman–Crippen LogP) is 2.18. The molecule has 7 nitrogen and oxygen atoms in total. The Morgan fingerprint density at radius 3 is 2.74 bits per heavy atom. The van der Waals surface area contributed by atoms with E-state index in [1.807, 2.05) is 24.3 Å². The molecule has 0 radical (unpaired) electrons. The first-order chi connectivity index (χ1) is 13.0. The summed E-state index contributed by atoms with van der Waals surface area (Å²) in [5.74, 6) is -0.225. The minimum Gasteiger partial charge on any atom is -0.379 e. The van der Waals surface area contributed by atoms with E-state index in [4.69, 9.17) is 4.74 Å². The Kier molecular flexibility index (Phi) is 5.00. The largest absolute Gasteiger partial charge is 0.379 e. The molecule has 0 saturated carbocycles. The Labute approximate surface area is 161 Å². The van der Waals surface area contributed by atoms with Crippen LogP contribution in [-0.2, 0) is 21.3 Å². The summed E-state index contributed by atoms with van der Waals surface area (Å²) in [6.45, 7) is 1.84. The summed E-state index contributed by atoms with van der Waals surface area (Å²) >= 11 is 1.18. The van der Waals surface area contributed by atoms with Crippen LogP contribution in [0.25, 0.3) is 10.9 Å². The van der Waals surface area contributed by atoms with E-state index in [9.17, 15) is 13.2 Å². The highest BCUT2D eigenvalue weighted by Crippen LogP contribution is 2.25. The van der Waals surface area contributed by atoms with Gasteiger partial charge in [0.05, 0.1) is 19.8 Å². The Morgan fingerprint density at radius 1 is 1.19 bits per heavy atom. The van der Waals surface area contributed by atoms with Crippen molar-refractivity contribution in [1.29, 1.82) is 0 Å². The maximum absolute atomic E-state index is 12.6. The monoisotopic (exact) mass is 405 g/mol. The summed E-state index contributed by atoms with van der Waals surface area (Å²) in [4.78, 5) is 16.2. The number of aromatic amines is 1. The number of sulfonamides is 1. The Hall–Kier alpha value is -2.20. The van der Waals surface area contributed by atoms with Crippen molar-refractivity contribution >= 4 is 38.2 Å². The number of fused-ring (bicyclic) bond motifs is 1. The fourth-order valence-electron chi connectivity index (χ4n) is 2.96. The Balaban J connectivity index is 1.42. The van der Waals surface area contributed by atoms with E-state index in [-0.39, 0.29) is 12.5 Å². The standard InChI is InChI=1S/C18H19N3O4S2/c22-18(16-11-13-3-1-2-4-15(13)20-16)19-12-14-5-6-17(26-14)27(23,24)21-7-9-25-10-8-21/h1-6,11,20H,7-10,12H2,(H,19,22). The molecular formula is C18H19N3O4S2. The van der Waals surface area contributed by atoms with E-state index >= 15 is 0 Å². The molecule has 2 aromatic heterocycles. The first-order valence-electron chi connectivity index (χ1n) is 8.56. The van der Waals surface area contributed by atoms with Crippen LogP contribution in [0, 0.1) is 0 Å². The third-order valence-electron chi connectivity index (χ3n) is 4.40. The number of hydrogen-bond donors (Lipinski definition) is 2. The van der Waals surface area contributed by atoms with Gasteiger partial charge in [-0.3, -0.25) is 4.79 Å². The van der Waals surface area contributed by atoms with Crippen LogP contribution in [0.3, 0.4) is 0 Å². The zero-order chi connectivity index (χ0) is 18.9. The molecule has 1 fully saturated rings. The maximum Gasteiger partial charge on any atom is 0.268 e. The summed E-state index contributed by atoms with van der Waals surface area (Å²) in [7, 11) is -3.50. The molecule has 0 atom stereocenters. The second-order valence-corrected chi connectivity index (χ2v) is 9.52. The lowest BCUT2D eigenvalue weighted by Crippen LogP contribution is -2.40.